The maximum absolute atomic E-state index is 14.1. The first-order valence-electron chi connectivity index (χ1n) is 14.5. The molecule has 6 heteroatoms. The molecule has 2 bridgehead atoms. The second-order valence-electron chi connectivity index (χ2n) is 11.2. The zero-order chi connectivity index (χ0) is 28.8. The van der Waals surface area contributed by atoms with Gasteiger partial charge in [0.1, 0.15) is 0 Å². The molecule has 1 saturated carbocycles. The van der Waals surface area contributed by atoms with Crippen LogP contribution in [0.15, 0.2) is 127 Å². The zero-order valence-electron chi connectivity index (χ0n) is 23.3. The SMILES string of the molecule is CCCN1C(=O)C2C3C=C(C(O)(c4ccccc4)c4ccccn4)C(/C3=C(/c3ccccc3)c3ccccn3)C2C1=O. The van der Waals surface area contributed by atoms with Crippen molar-refractivity contribution in [1.29, 1.82) is 0 Å². The summed E-state index contributed by atoms with van der Waals surface area (Å²) < 4.78 is 0. The molecule has 3 aliphatic rings. The number of benzene rings is 2. The Hall–Kier alpha value is -4.68. The lowest BCUT2D eigenvalue weighted by atomic mass is 9.71. The lowest BCUT2D eigenvalue weighted by Gasteiger charge is -2.36. The number of aromatic nitrogens is 2. The predicted octanol–water partition coefficient (Wildman–Crippen LogP) is 5.41. The topological polar surface area (TPSA) is 83.4 Å². The summed E-state index contributed by atoms with van der Waals surface area (Å²) in [6.07, 6.45) is 6.18. The monoisotopic (exact) mass is 553 g/mol. The van der Waals surface area contributed by atoms with Crippen molar-refractivity contribution in [1.82, 2.24) is 14.9 Å². The summed E-state index contributed by atoms with van der Waals surface area (Å²) in [6.45, 7) is 2.37. The van der Waals surface area contributed by atoms with Crippen LogP contribution in [0.4, 0.5) is 0 Å². The molecule has 1 N–H and O–H groups in total. The minimum atomic E-state index is -1.61. The number of hydrogen-bond donors (Lipinski definition) is 1. The van der Waals surface area contributed by atoms with Crippen LogP contribution in [0.3, 0.4) is 0 Å². The molecular formula is C36H31N3O3. The molecule has 7 rings (SSSR count). The number of amides is 2. The van der Waals surface area contributed by atoms with E-state index in [1.165, 1.54) is 4.90 Å². The molecule has 5 atom stereocenters. The molecule has 1 aliphatic heterocycles. The van der Waals surface area contributed by atoms with E-state index in [9.17, 15) is 14.7 Å². The molecular weight excluding hydrogens is 522 g/mol. The molecule has 2 aliphatic carbocycles. The molecule has 0 spiro atoms. The van der Waals surface area contributed by atoms with Gasteiger partial charge in [-0.1, -0.05) is 85.8 Å². The van der Waals surface area contributed by atoms with Gasteiger partial charge in [0.05, 0.1) is 23.2 Å². The fourth-order valence-electron chi connectivity index (χ4n) is 7.36. The van der Waals surface area contributed by atoms with Gasteiger partial charge in [-0.25, -0.2) is 0 Å². The van der Waals surface area contributed by atoms with Gasteiger partial charge in [-0.3, -0.25) is 24.5 Å². The van der Waals surface area contributed by atoms with Gasteiger partial charge in [0.2, 0.25) is 11.8 Å². The van der Waals surface area contributed by atoms with Gasteiger partial charge in [0, 0.05) is 36.3 Å². The van der Waals surface area contributed by atoms with Gasteiger partial charge in [-0.2, -0.15) is 0 Å². The molecule has 1 saturated heterocycles. The fourth-order valence-corrected chi connectivity index (χ4v) is 7.36. The summed E-state index contributed by atoms with van der Waals surface area (Å²) in [6, 6.07) is 30.8. The summed E-state index contributed by atoms with van der Waals surface area (Å²) >= 11 is 0. The summed E-state index contributed by atoms with van der Waals surface area (Å²) in [4.78, 5) is 38.8. The lowest BCUT2D eigenvalue weighted by Crippen LogP contribution is -2.38. The highest BCUT2D eigenvalue weighted by Crippen LogP contribution is 2.64. The Balaban J connectivity index is 1.52. The van der Waals surface area contributed by atoms with Crippen molar-refractivity contribution in [3.63, 3.8) is 0 Å². The molecule has 2 amide bonds. The quantitative estimate of drug-likeness (QED) is 0.244. The third-order valence-corrected chi connectivity index (χ3v) is 8.99. The van der Waals surface area contributed by atoms with Crippen LogP contribution in [0, 0.1) is 23.7 Å². The smallest absolute Gasteiger partial charge is 0.234 e. The van der Waals surface area contributed by atoms with Crippen molar-refractivity contribution >= 4 is 17.4 Å². The molecule has 208 valence electrons. The number of rotatable bonds is 7. The fraction of sp³-hybridized carbons (Fsp3) is 0.222. The number of pyridine rings is 2. The second-order valence-corrected chi connectivity index (χ2v) is 11.2. The number of nitrogens with zero attached hydrogens (tertiary/aromatic N) is 3. The molecule has 2 aromatic carbocycles. The van der Waals surface area contributed by atoms with Crippen molar-refractivity contribution in [2.75, 3.05) is 6.54 Å². The molecule has 0 radical (unpaired) electrons. The molecule has 6 nitrogen and oxygen atoms in total. The first-order chi connectivity index (χ1) is 20.6. The van der Waals surface area contributed by atoms with Crippen LogP contribution in [0.1, 0.15) is 35.9 Å². The maximum atomic E-state index is 14.1. The number of hydrogen-bond acceptors (Lipinski definition) is 5. The van der Waals surface area contributed by atoms with Gasteiger partial charge in [0.25, 0.3) is 0 Å². The third kappa shape index (κ3) is 3.82. The highest BCUT2D eigenvalue weighted by Gasteiger charge is 2.66. The zero-order valence-corrected chi connectivity index (χ0v) is 23.3. The summed E-state index contributed by atoms with van der Waals surface area (Å²) in [5.41, 5.74) is 3.84. The minimum Gasteiger partial charge on any atom is -0.375 e. The molecule has 2 fully saturated rings. The Bertz CT molecular complexity index is 1620. The third-order valence-electron chi connectivity index (χ3n) is 8.99. The number of allylic oxidation sites excluding steroid dienone is 2. The molecule has 2 aromatic heterocycles. The highest BCUT2D eigenvalue weighted by molar-refractivity contribution is 6.08. The van der Waals surface area contributed by atoms with Crippen LogP contribution in [0.25, 0.3) is 5.57 Å². The molecule has 4 aromatic rings. The van der Waals surface area contributed by atoms with Gasteiger partial charge in [-0.05, 0) is 53.0 Å². The van der Waals surface area contributed by atoms with Crippen molar-refractivity contribution in [3.05, 3.63) is 149 Å². The van der Waals surface area contributed by atoms with Gasteiger partial charge < -0.3 is 5.11 Å². The molecule has 42 heavy (non-hydrogen) atoms. The van der Waals surface area contributed by atoms with E-state index >= 15 is 0 Å². The summed E-state index contributed by atoms with van der Waals surface area (Å²) in [5.74, 6) is -2.29. The van der Waals surface area contributed by atoms with Crippen molar-refractivity contribution in [2.45, 2.75) is 18.9 Å². The van der Waals surface area contributed by atoms with Crippen LogP contribution in [-0.2, 0) is 15.2 Å². The summed E-state index contributed by atoms with van der Waals surface area (Å²) in [5, 5.41) is 12.9. The highest BCUT2D eigenvalue weighted by atomic mass is 16.3. The van der Waals surface area contributed by atoms with E-state index in [2.05, 4.69) is 11.1 Å². The second kappa shape index (κ2) is 10.3. The predicted molar refractivity (Wildman–Crippen MR) is 159 cm³/mol. The number of carbonyl (C=O) groups is 2. The standard InChI is InChI=1S/C36H31N3O3/c1-2-21-39-34(40)31-25-22-26(36(42,24-15-7-4-8-16-24)28-18-10-12-20-38-28)32(33(31)35(39)41)30(25)29(23-13-5-3-6-14-23)27-17-9-11-19-37-27/h3-20,22,25,31-33,42H,2,21H2,1H3/b30-29-. The van der Waals surface area contributed by atoms with Gasteiger partial charge in [0.15, 0.2) is 5.60 Å². The number of aliphatic hydroxyl groups is 1. The average molecular weight is 554 g/mol. The van der Waals surface area contributed by atoms with E-state index in [0.717, 1.165) is 22.4 Å². The van der Waals surface area contributed by atoms with E-state index in [-0.39, 0.29) is 17.7 Å². The Kier molecular flexibility index (Phi) is 6.43. The Morgan fingerprint density at radius 1 is 0.810 bits per heavy atom. The van der Waals surface area contributed by atoms with Gasteiger partial charge in [-0.15, -0.1) is 0 Å². The lowest BCUT2D eigenvalue weighted by molar-refractivity contribution is -0.140. The van der Waals surface area contributed by atoms with Crippen LogP contribution in [0.5, 0.6) is 0 Å². The number of fused-ring (bicyclic) bond motifs is 5. The first-order valence-corrected chi connectivity index (χ1v) is 14.5. The largest absolute Gasteiger partial charge is 0.375 e. The van der Waals surface area contributed by atoms with Crippen molar-refractivity contribution in [3.8, 4) is 0 Å². The van der Waals surface area contributed by atoms with E-state index in [1.54, 1.807) is 12.4 Å². The van der Waals surface area contributed by atoms with Crippen LogP contribution in [0.2, 0.25) is 0 Å². The minimum absolute atomic E-state index is 0.123. The van der Waals surface area contributed by atoms with Crippen molar-refractivity contribution < 1.29 is 14.7 Å². The van der Waals surface area contributed by atoms with Crippen LogP contribution in [-0.4, -0.2) is 38.3 Å². The average Bonchev–Trinajstić information content (AvgIpc) is 3.66. The maximum Gasteiger partial charge on any atom is 0.234 e. The van der Waals surface area contributed by atoms with E-state index in [4.69, 9.17) is 4.98 Å². The Morgan fingerprint density at radius 2 is 1.45 bits per heavy atom. The van der Waals surface area contributed by atoms with Crippen LogP contribution < -0.4 is 0 Å². The molecule has 3 heterocycles. The van der Waals surface area contributed by atoms with E-state index in [1.807, 2.05) is 104 Å². The van der Waals surface area contributed by atoms with Gasteiger partial charge >= 0.3 is 0 Å². The Morgan fingerprint density at radius 3 is 2.10 bits per heavy atom. The Labute approximate surface area is 245 Å². The number of imide groups is 1. The number of carbonyl (C=O) groups excluding carboxylic acids is 2. The van der Waals surface area contributed by atoms with E-state index in [0.29, 0.717) is 29.8 Å². The number of likely N-dealkylation sites (tertiary alicyclic amines) is 1. The normalized spacial score (nSPS) is 25.3. The summed E-state index contributed by atoms with van der Waals surface area (Å²) in [7, 11) is 0. The first kappa shape index (κ1) is 26.2. The molecule has 5 unspecified atom stereocenters. The van der Waals surface area contributed by atoms with E-state index < -0.39 is 23.4 Å². The van der Waals surface area contributed by atoms with Crippen LogP contribution >= 0.6 is 0 Å². The van der Waals surface area contributed by atoms with Crippen molar-refractivity contribution in [2.24, 2.45) is 23.7 Å².